The first-order chi connectivity index (χ1) is 7.69. The van der Waals surface area contributed by atoms with E-state index in [0.717, 1.165) is 37.1 Å². The van der Waals surface area contributed by atoms with Crippen molar-refractivity contribution in [3.63, 3.8) is 0 Å². The lowest BCUT2D eigenvalue weighted by Gasteiger charge is -2.18. The minimum atomic E-state index is -0.196. The average Bonchev–Trinajstić information content (AvgIpc) is 2.88. The number of hydrogen-bond acceptors (Lipinski definition) is 3. The van der Waals surface area contributed by atoms with E-state index >= 15 is 0 Å². The second-order valence-corrected chi connectivity index (χ2v) is 5.82. The van der Waals surface area contributed by atoms with E-state index in [1.54, 1.807) is 0 Å². The molecule has 0 amide bonds. The van der Waals surface area contributed by atoms with Gasteiger partial charge in [-0.3, -0.25) is 4.68 Å². The lowest BCUT2D eigenvalue weighted by atomic mass is 9.98. The van der Waals surface area contributed by atoms with Gasteiger partial charge in [0.05, 0.1) is 11.8 Å². The van der Waals surface area contributed by atoms with Gasteiger partial charge in [0.25, 0.3) is 0 Å². The molecular formula is C12H17N3S. The van der Waals surface area contributed by atoms with Crippen LogP contribution in [0, 0.1) is 11.3 Å². The lowest BCUT2D eigenvalue weighted by Crippen LogP contribution is -2.23. The Kier molecular flexibility index (Phi) is 3.25. The Balaban J connectivity index is 2.19. The van der Waals surface area contributed by atoms with Gasteiger partial charge in [-0.25, -0.2) is 0 Å². The van der Waals surface area contributed by atoms with E-state index in [1.807, 2.05) is 23.5 Å². The van der Waals surface area contributed by atoms with Crippen molar-refractivity contribution >= 4 is 11.8 Å². The molecule has 0 bridgehead atoms. The summed E-state index contributed by atoms with van der Waals surface area (Å²) in [7, 11) is 1.97. The predicted molar refractivity (Wildman–Crippen MR) is 66.3 cm³/mol. The van der Waals surface area contributed by atoms with Gasteiger partial charge in [0, 0.05) is 19.2 Å². The molecule has 1 aromatic heterocycles. The molecule has 2 heterocycles. The molecule has 0 saturated carbocycles. The summed E-state index contributed by atoms with van der Waals surface area (Å²) in [6.45, 7) is 2.11. The molecule has 0 spiro atoms. The zero-order valence-electron chi connectivity index (χ0n) is 9.86. The second kappa shape index (κ2) is 4.50. The average molecular weight is 235 g/mol. The van der Waals surface area contributed by atoms with E-state index < -0.39 is 0 Å². The van der Waals surface area contributed by atoms with Crippen LogP contribution in [0.3, 0.4) is 0 Å². The lowest BCUT2D eigenvalue weighted by molar-refractivity contribution is 0.619. The van der Waals surface area contributed by atoms with E-state index in [9.17, 15) is 5.26 Å². The van der Waals surface area contributed by atoms with Crippen LogP contribution in [0.4, 0.5) is 0 Å². The number of hydrogen-bond donors (Lipinski definition) is 0. The molecule has 1 fully saturated rings. The molecular weight excluding hydrogens is 218 g/mol. The monoisotopic (exact) mass is 235 g/mol. The fourth-order valence-electron chi connectivity index (χ4n) is 2.17. The first-order valence-corrected chi connectivity index (χ1v) is 6.75. The van der Waals surface area contributed by atoms with Crippen molar-refractivity contribution in [2.24, 2.45) is 7.05 Å². The number of thioether (sulfide) groups is 1. The van der Waals surface area contributed by atoms with Gasteiger partial charge in [-0.05, 0) is 31.1 Å². The Labute approximate surface area is 101 Å². The molecule has 3 nitrogen and oxygen atoms in total. The van der Waals surface area contributed by atoms with Crippen LogP contribution in [0.1, 0.15) is 31.2 Å². The van der Waals surface area contributed by atoms with Gasteiger partial charge in [0.15, 0.2) is 0 Å². The summed E-state index contributed by atoms with van der Waals surface area (Å²) in [4.78, 5) is 0. The zero-order valence-corrected chi connectivity index (χ0v) is 10.7. The normalized spacial score (nSPS) is 24.6. The Morgan fingerprint density at radius 2 is 2.50 bits per heavy atom. The molecule has 1 atom stereocenters. The number of aryl methyl sites for hydroxylation is 2. The van der Waals surface area contributed by atoms with Gasteiger partial charge in [-0.15, -0.1) is 11.8 Å². The van der Waals surface area contributed by atoms with Crippen molar-refractivity contribution in [2.45, 2.75) is 37.4 Å². The third-order valence-corrected chi connectivity index (χ3v) is 4.65. The molecule has 0 radical (unpaired) electrons. The molecule has 1 aromatic rings. The molecule has 1 saturated heterocycles. The Hall–Kier alpha value is -0.950. The van der Waals surface area contributed by atoms with E-state index in [2.05, 4.69) is 24.2 Å². The molecule has 4 heteroatoms. The highest BCUT2D eigenvalue weighted by atomic mass is 32.2. The first-order valence-electron chi connectivity index (χ1n) is 5.76. The van der Waals surface area contributed by atoms with E-state index in [0.29, 0.717) is 0 Å². The van der Waals surface area contributed by atoms with Crippen LogP contribution in [-0.2, 0) is 19.9 Å². The van der Waals surface area contributed by atoms with E-state index in [1.165, 1.54) is 5.69 Å². The highest BCUT2D eigenvalue weighted by molar-refractivity contribution is 8.01. The zero-order chi connectivity index (χ0) is 11.6. The first kappa shape index (κ1) is 11.5. The van der Waals surface area contributed by atoms with Gasteiger partial charge < -0.3 is 0 Å². The SMILES string of the molecule is CCc1cc(CC2(C#N)CCCS2)n(C)n1. The van der Waals surface area contributed by atoms with Gasteiger partial charge in [-0.1, -0.05) is 6.92 Å². The van der Waals surface area contributed by atoms with Crippen LogP contribution >= 0.6 is 11.8 Å². The maximum absolute atomic E-state index is 9.33. The topological polar surface area (TPSA) is 41.6 Å². The summed E-state index contributed by atoms with van der Waals surface area (Å²) in [5.74, 6) is 1.12. The molecule has 0 aliphatic carbocycles. The fourth-order valence-corrected chi connectivity index (χ4v) is 3.45. The third kappa shape index (κ3) is 2.10. The molecule has 16 heavy (non-hydrogen) atoms. The third-order valence-electron chi connectivity index (χ3n) is 3.16. The van der Waals surface area contributed by atoms with Crippen molar-refractivity contribution in [3.8, 4) is 6.07 Å². The van der Waals surface area contributed by atoms with Gasteiger partial charge in [0.1, 0.15) is 4.75 Å². The van der Waals surface area contributed by atoms with Gasteiger partial charge in [-0.2, -0.15) is 10.4 Å². The van der Waals surface area contributed by atoms with E-state index in [4.69, 9.17) is 0 Å². The number of nitrogens with zero attached hydrogens (tertiary/aromatic N) is 3. The van der Waals surface area contributed by atoms with Gasteiger partial charge >= 0.3 is 0 Å². The summed E-state index contributed by atoms with van der Waals surface area (Å²) >= 11 is 1.81. The Morgan fingerprint density at radius 3 is 3.00 bits per heavy atom. The van der Waals surface area contributed by atoms with Crippen molar-refractivity contribution in [1.82, 2.24) is 9.78 Å². The summed E-state index contributed by atoms with van der Waals surface area (Å²) in [5.41, 5.74) is 2.31. The van der Waals surface area contributed by atoms with Gasteiger partial charge in [0.2, 0.25) is 0 Å². The highest BCUT2D eigenvalue weighted by Gasteiger charge is 2.35. The summed E-state index contributed by atoms with van der Waals surface area (Å²) in [5, 5.41) is 13.8. The fraction of sp³-hybridized carbons (Fsp3) is 0.667. The van der Waals surface area contributed by atoms with Crippen LogP contribution in [0.2, 0.25) is 0 Å². The largest absolute Gasteiger partial charge is 0.272 e. The smallest absolute Gasteiger partial charge is 0.108 e. The quantitative estimate of drug-likeness (QED) is 0.807. The highest BCUT2D eigenvalue weighted by Crippen LogP contribution is 2.40. The Bertz CT molecular complexity index is 410. The standard InChI is InChI=1S/C12H17N3S/c1-3-10-7-11(15(2)14-10)8-12(9-13)5-4-6-16-12/h7H,3-6,8H2,1-2H3. The molecule has 86 valence electrons. The molecule has 1 unspecified atom stereocenters. The van der Waals surface area contributed by atoms with Crippen molar-refractivity contribution in [1.29, 1.82) is 5.26 Å². The van der Waals surface area contributed by atoms with Crippen LogP contribution in [0.5, 0.6) is 0 Å². The molecule has 2 rings (SSSR count). The van der Waals surface area contributed by atoms with E-state index in [-0.39, 0.29) is 4.75 Å². The minimum Gasteiger partial charge on any atom is -0.272 e. The summed E-state index contributed by atoms with van der Waals surface area (Å²) < 4.78 is 1.73. The van der Waals surface area contributed by atoms with Crippen LogP contribution in [0.15, 0.2) is 6.07 Å². The molecule has 0 N–H and O–H groups in total. The minimum absolute atomic E-state index is 0.196. The summed E-state index contributed by atoms with van der Waals surface area (Å²) in [6, 6.07) is 4.64. The van der Waals surface area contributed by atoms with Crippen LogP contribution in [0.25, 0.3) is 0 Å². The molecule has 1 aliphatic rings. The van der Waals surface area contributed by atoms with Crippen LogP contribution < -0.4 is 0 Å². The van der Waals surface area contributed by atoms with Crippen molar-refractivity contribution in [3.05, 3.63) is 17.5 Å². The maximum atomic E-state index is 9.33. The van der Waals surface area contributed by atoms with Crippen LogP contribution in [-0.4, -0.2) is 20.3 Å². The van der Waals surface area contributed by atoms with Crippen molar-refractivity contribution in [2.75, 3.05) is 5.75 Å². The predicted octanol–water partition coefficient (Wildman–Crippen LogP) is 2.31. The maximum Gasteiger partial charge on any atom is 0.108 e. The summed E-state index contributed by atoms with van der Waals surface area (Å²) in [6.07, 6.45) is 3.97. The second-order valence-electron chi connectivity index (χ2n) is 4.34. The number of aromatic nitrogens is 2. The number of rotatable bonds is 3. The molecule has 1 aliphatic heterocycles. The number of nitriles is 1. The molecule has 0 aromatic carbocycles. The van der Waals surface area contributed by atoms with Crippen molar-refractivity contribution < 1.29 is 0 Å². The Morgan fingerprint density at radius 1 is 1.69 bits per heavy atom.